The summed E-state index contributed by atoms with van der Waals surface area (Å²) in [5.41, 5.74) is 0.657. The van der Waals surface area contributed by atoms with Gasteiger partial charge in [-0.1, -0.05) is 23.4 Å². The Hall–Kier alpha value is -2.80. The largest absolute Gasteiger partial charge is 0.493 e. The molecule has 24 heavy (non-hydrogen) atoms. The number of hydrogen-bond donors (Lipinski definition) is 1. The molecule has 3 aromatic rings. The second-order valence-corrected chi connectivity index (χ2v) is 5.82. The van der Waals surface area contributed by atoms with Crippen LogP contribution in [0.2, 0.25) is 0 Å². The van der Waals surface area contributed by atoms with E-state index in [1.165, 1.54) is 0 Å². The number of hydrogen-bond acceptors (Lipinski definition) is 6. The molecule has 2 heterocycles. The van der Waals surface area contributed by atoms with E-state index in [9.17, 15) is 4.79 Å². The minimum atomic E-state index is -0.249. The molecular weight excluding hydrogens is 328 g/mol. The van der Waals surface area contributed by atoms with Crippen molar-refractivity contribution >= 4 is 17.2 Å². The maximum Gasteiger partial charge on any atom is 0.258 e. The molecule has 0 aliphatic rings. The number of nitrogens with one attached hydrogen (secondary N) is 1. The van der Waals surface area contributed by atoms with Gasteiger partial charge in [-0.3, -0.25) is 4.79 Å². The molecule has 1 aromatic carbocycles. The first kappa shape index (κ1) is 16.1. The van der Waals surface area contributed by atoms with Crippen molar-refractivity contribution < 1.29 is 18.8 Å². The Balaban J connectivity index is 1.49. The van der Waals surface area contributed by atoms with E-state index in [0.717, 1.165) is 4.88 Å². The Morgan fingerprint density at radius 3 is 2.83 bits per heavy atom. The number of rotatable bonds is 7. The highest BCUT2D eigenvalue weighted by atomic mass is 32.1. The summed E-state index contributed by atoms with van der Waals surface area (Å²) in [6.45, 7) is 0.180. The topological polar surface area (TPSA) is 73.6 Å². The van der Waals surface area contributed by atoms with E-state index in [1.807, 2.05) is 35.7 Å². The number of carbonyl (C=O) groups is 1. The van der Waals surface area contributed by atoms with Crippen molar-refractivity contribution in [1.29, 1.82) is 0 Å². The normalized spacial score (nSPS) is 10.4. The molecule has 7 heteroatoms. The predicted octanol–water partition coefficient (Wildman–Crippen LogP) is 3.11. The maximum atomic E-state index is 11.9. The van der Waals surface area contributed by atoms with Crippen LogP contribution in [0.3, 0.4) is 0 Å². The molecule has 6 nitrogen and oxygen atoms in total. The highest BCUT2D eigenvalue weighted by Gasteiger charge is 2.10. The fraction of sp³-hybridized carbons (Fsp3) is 0.176. The zero-order chi connectivity index (χ0) is 16.8. The van der Waals surface area contributed by atoms with Crippen LogP contribution >= 0.6 is 11.3 Å². The zero-order valence-corrected chi connectivity index (χ0v) is 13.8. The average molecular weight is 344 g/mol. The summed E-state index contributed by atoms with van der Waals surface area (Å²) >= 11 is 1.57. The Bertz CT molecular complexity index is 799. The van der Waals surface area contributed by atoms with Gasteiger partial charge >= 0.3 is 0 Å². The number of amides is 1. The Kier molecular flexibility index (Phi) is 5.12. The van der Waals surface area contributed by atoms with Crippen LogP contribution in [0.25, 0.3) is 10.6 Å². The fourth-order valence-electron chi connectivity index (χ4n) is 2.05. The van der Waals surface area contributed by atoms with Gasteiger partial charge in [0.15, 0.2) is 23.9 Å². The van der Waals surface area contributed by atoms with E-state index in [0.29, 0.717) is 23.0 Å². The standard InChI is InChI=1S/C17H16N2O4S/c1-21-13-5-2-3-6-14(13)22-11-17(20)18-10-12-9-15(23-19-12)16-7-4-8-24-16/h2-9H,10-11H2,1H3,(H,18,20). The molecule has 0 saturated heterocycles. The summed E-state index contributed by atoms with van der Waals surface area (Å²) in [5.74, 6) is 1.56. The van der Waals surface area contributed by atoms with Gasteiger partial charge in [0.2, 0.25) is 0 Å². The van der Waals surface area contributed by atoms with Crippen LogP contribution in [0.1, 0.15) is 5.69 Å². The van der Waals surface area contributed by atoms with Crippen LogP contribution in [0, 0.1) is 0 Å². The first-order valence-electron chi connectivity index (χ1n) is 7.28. The van der Waals surface area contributed by atoms with Crippen molar-refractivity contribution in [2.75, 3.05) is 13.7 Å². The van der Waals surface area contributed by atoms with Crippen LogP contribution in [0.15, 0.2) is 52.4 Å². The number of aromatic nitrogens is 1. The predicted molar refractivity (Wildman–Crippen MR) is 90.2 cm³/mol. The number of ether oxygens (including phenoxy) is 2. The van der Waals surface area contributed by atoms with Crippen molar-refractivity contribution in [2.24, 2.45) is 0 Å². The van der Waals surface area contributed by atoms with Crippen LogP contribution in [-0.4, -0.2) is 24.8 Å². The summed E-state index contributed by atoms with van der Waals surface area (Å²) in [4.78, 5) is 12.9. The highest BCUT2D eigenvalue weighted by molar-refractivity contribution is 7.13. The van der Waals surface area contributed by atoms with E-state index >= 15 is 0 Å². The quantitative estimate of drug-likeness (QED) is 0.713. The van der Waals surface area contributed by atoms with Crippen molar-refractivity contribution in [3.8, 4) is 22.1 Å². The second-order valence-electron chi connectivity index (χ2n) is 4.88. The minimum Gasteiger partial charge on any atom is -0.493 e. The molecule has 0 unspecified atom stereocenters. The molecule has 0 saturated carbocycles. The van der Waals surface area contributed by atoms with Crippen LogP contribution < -0.4 is 14.8 Å². The lowest BCUT2D eigenvalue weighted by atomic mass is 10.3. The lowest BCUT2D eigenvalue weighted by Gasteiger charge is -2.09. The molecular formula is C17H16N2O4S. The second kappa shape index (κ2) is 7.65. The van der Waals surface area contributed by atoms with E-state index < -0.39 is 0 Å². The number of carbonyl (C=O) groups excluding carboxylic acids is 1. The van der Waals surface area contributed by atoms with Crippen LogP contribution in [-0.2, 0) is 11.3 Å². The smallest absolute Gasteiger partial charge is 0.258 e. The minimum absolute atomic E-state index is 0.101. The van der Waals surface area contributed by atoms with Crippen molar-refractivity contribution in [2.45, 2.75) is 6.54 Å². The number of thiophene rings is 1. The first-order valence-corrected chi connectivity index (χ1v) is 8.16. The number of para-hydroxylation sites is 2. The first-order chi connectivity index (χ1) is 11.8. The number of benzene rings is 1. The molecule has 0 spiro atoms. The van der Waals surface area contributed by atoms with Gasteiger partial charge in [-0.05, 0) is 23.6 Å². The molecule has 0 fully saturated rings. The highest BCUT2D eigenvalue weighted by Crippen LogP contribution is 2.26. The van der Waals surface area contributed by atoms with Crippen molar-refractivity contribution in [3.05, 3.63) is 53.5 Å². The van der Waals surface area contributed by atoms with Crippen molar-refractivity contribution in [1.82, 2.24) is 10.5 Å². The Morgan fingerprint density at radius 1 is 1.25 bits per heavy atom. The molecule has 0 atom stereocenters. The molecule has 2 aromatic heterocycles. The van der Waals surface area contributed by atoms with Crippen molar-refractivity contribution in [3.63, 3.8) is 0 Å². The van der Waals surface area contributed by atoms with E-state index in [2.05, 4.69) is 10.5 Å². The summed E-state index contributed by atoms with van der Waals surface area (Å²) in [5, 5.41) is 8.65. The monoisotopic (exact) mass is 344 g/mol. The zero-order valence-electron chi connectivity index (χ0n) is 13.0. The van der Waals surface area contributed by atoms with Gasteiger partial charge in [-0.15, -0.1) is 11.3 Å². The van der Waals surface area contributed by atoms with E-state index in [4.69, 9.17) is 14.0 Å². The number of nitrogens with zero attached hydrogens (tertiary/aromatic N) is 1. The summed E-state index contributed by atoms with van der Waals surface area (Å²) in [7, 11) is 1.55. The van der Waals surface area contributed by atoms with Gasteiger partial charge in [0, 0.05) is 6.07 Å². The lowest BCUT2D eigenvalue weighted by molar-refractivity contribution is -0.123. The maximum absolute atomic E-state index is 11.9. The van der Waals surface area contributed by atoms with Gasteiger partial charge in [-0.2, -0.15) is 0 Å². The van der Waals surface area contributed by atoms with Gasteiger partial charge in [0.1, 0.15) is 5.69 Å². The molecule has 1 N–H and O–H groups in total. The Morgan fingerprint density at radius 2 is 2.08 bits per heavy atom. The lowest BCUT2D eigenvalue weighted by Crippen LogP contribution is -2.28. The molecule has 0 radical (unpaired) electrons. The summed E-state index contributed by atoms with van der Waals surface area (Å²) < 4.78 is 15.9. The van der Waals surface area contributed by atoms with E-state index in [1.54, 1.807) is 30.6 Å². The van der Waals surface area contributed by atoms with Gasteiger partial charge in [0.25, 0.3) is 5.91 Å². The molecule has 1 amide bonds. The third kappa shape index (κ3) is 3.94. The van der Waals surface area contributed by atoms with Crippen LogP contribution in [0.5, 0.6) is 11.5 Å². The van der Waals surface area contributed by atoms with Crippen LogP contribution in [0.4, 0.5) is 0 Å². The molecule has 124 valence electrons. The number of methoxy groups -OCH3 is 1. The SMILES string of the molecule is COc1ccccc1OCC(=O)NCc1cc(-c2cccs2)on1. The average Bonchev–Trinajstić information content (AvgIpc) is 3.29. The van der Waals surface area contributed by atoms with Gasteiger partial charge in [-0.25, -0.2) is 0 Å². The van der Waals surface area contributed by atoms with Gasteiger partial charge in [0.05, 0.1) is 18.5 Å². The fourth-order valence-corrected chi connectivity index (χ4v) is 2.72. The third-order valence-corrected chi connectivity index (χ3v) is 4.10. The molecule has 0 bridgehead atoms. The molecule has 3 rings (SSSR count). The molecule has 0 aliphatic heterocycles. The van der Waals surface area contributed by atoms with Gasteiger partial charge < -0.3 is 19.3 Å². The summed E-state index contributed by atoms with van der Waals surface area (Å²) in [6.07, 6.45) is 0. The van der Waals surface area contributed by atoms with E-state index in [-0.39, 0.29) is 19.1 Å². The third-order valence-electron chi connectivity index (χ3n) is 3.22. The Labute approximate surface area is 143 Å². The summed E-state index contributed by atoms with van der Waals surface area (Å²) in [6, 6.07) is 12.9. The molecule has 0 aliphatic carbocycles.